The van der Waals surface area contributed by atoms with E-state index in [0.717, 1.165) is 49.9 Å². The quantitative estimate of drug-likeness (QED) is 0.209. The summed E-state index contributed by atoms with van der Waals surface area (Å²) in [6.45, 7) is 16.4. The minimum absolute atomic E-state index is 0.460. The van der Waals surface area contributed by atoms with Gasteiger partial charge in [0.15, 0.2) is 11.4 Å². The highest BCUT2D eigenvalue weighted by Gasteiger charge is 2.23. The molecule has 0 unspecified atom stereocenters. The summed E-state index contributed by atoms with van der Waals surface area (Å²) in [6, 6.07) is 23.1. The molecule has 2 aromatic heterocycles. The molecule has 0 saturated heterocycles. The molecule has 0 fully saturated rings. The molecule has 33 heavy (non-hydrogen) atoms. The second kappa shape index (κ2) is 7.90. The Morgan fingerprint density at radius 3 is 2.15 bits per heavy atom. The van der Waals surface area contributed by atoms with Crippen molar-refractivity contribution in [1.29, 1.82) is 0 Å². The summed E-state index contributed by atoms with van der Waals surface area (Å²) in [5.74, 6) is 0.460. The van der Waals surface area contributed by atoms with Gasteiger partial charge in [0.1, 0.15) is 18.2 Å². The molecule has 3 aromatic carbocycles. The van der Waals surface area contributed by atoms with E-state index in [-0.39, 0.29) is 0 Å². The molecule has 0 amide bonds. The Morgan fingerprint density at radius 2 is 1.48 bits per heavy atom. The van der Waals surface area contributed by atoms with Gasteiger partial charge < -0.3 is 4.42 Å². The van der Waals surface area contributed by atoms with Crippen LogP contribution in [0.2, 0.25) is 0 Å². The Bertz CT molecular complexity index is 1560. The molecule has 0 bridgehead atoms. The van der Waals surface area contributed by atoms with E-state index in [1.807, 2.05) is 12.1 Å². The first-order chi connectivity index (χ1) is 15.9. The molecule has 0 aliphatic carbocycles. The molecular formula is C30H27N2O+. The number of fused-ring (bicyclic) bond motifs is 3. The lowest BCUT2D eigenvalue weighted by Gasteiger charge is -2.09. The third-order valence-corrected chi connectivity index (χ3v) is 6.72. The molecule has 3 nitrogen and oxygen atoms in total. The van der Waals surface area contributed by atoms with Crippen LogP contribution in [0, 0.1) is 20.4 Å². The highest BCUT2D eigenvalue weighted by Crippen LogP contribution is 2.44. The number of nitrogens with zero attached hydrogens (tertiary/aromatic N) is 2. The van der Waals surface area contributed by atoms with E-state index in [4.69, 9.17) is 11.0 Å². The molecule has 0 radical (unpaired) electrons. The van der Waals surface area contributed by atoms with Crippen LogP contribution >= 0.6 is 0 Å². The van der Waals surface area contributed by atoms with Gasteiger partial charge in [-0.1, -0.05) is 62.4 Å². The molecule has 0 atom stereocenters. The van der Waals surface area contributed by atoms with Gasteiger partial charge >= 0.3 is 0 Å². The SMILES string of the molecule is [C-]#[N+]c1ccc2c(oc3c(-c4cccc(C)[n+]4C)c(C)ccc32)c1-c1ccc(C(C)C)cc1. The van der Waals surface area contributed by atoms with Gasteiger partial charge in [0.25, 0.3) is 0 Å². The van der Waals surface area contributed by atoms with Crippen LogP contribution in [0.1, 0.15) is 36.6 Å². The summed E-state index contributed by atoms with van der Waals surface area (Å²) >= 11 is 0. The van der Waals surface area contributed by atoms with E-state index >= 15 is 0 Å². The first-order valence-corrected chi connectivity index (χ1v) is 11.3. The highest BCUT2D eigenvalue weighted by atomic mass is 16.3. The summed E-state index contributed by atoms with van der Waals surface area (Å²) in [7, 11) is 2.09. The number of hydrogen-bond acceptors (Lipinski definition) is 1. The highest BCUT2D eigenvalue weighted by molar-refractivity contribution is 6.15. The maximum Gasteiger partial charge on any atom is 0.216 e. The predicted molar refractivity (Wildman–Crippen MR) is 136 cm³/mol. The molecule has 0 aliphatic heterocycles. The lowest BCUT2D eigenvalue weighted by molar-refractivity contribution is -0.666. The van der Waals surface area contributed by atoms with Crippen molar-refractivity contribution >= 4 is 27.6 Å². The number of furan rings is 1. The average molecular weight is 432 g/mol. The zero-order valence-electron chi connectivity index (χ0n) is 19.7. The van der Waals surface area contributed by atoms with Crippen LogP contribution in [0.15, 0.2) is 71.1 Å². The van der Waals surface area contributed by atoms with Crippen LogP contribution in [-0.2, 0) is 7.05 Å². The van der Waals surface area contributed by atoms with Crippen molar-refractivity contribution in [3.63, 3.8) is 0 Å². The number of hydrogen-bond donors (Lipinski definition) is 0. The van der Waals surface area contributed by atoms with E-state index in [1.54, 1.807) is 0 Å². The van der Waals surface area contributed by atoms with Gasteiger partial charge in [0, 0.05) is 35.4 Å². The predicted octanol–water partition coefficient (Wildman–Crippen LogP) is 8.04. The fourth-order valence-electron chi connectivity index (χ4n) is 4.66. The van der Waals surface area contributed by atoms with Gasteiger partial charge in [-0.2, -0.15) is 4.57 Å². The van der Waals surface area contributed by atoms with Crippen LogP contribution in [0.25, 0.3) is 49.2 Å². The largest absolute Gasteiger partial charge is 0.456 e. The van der Waals surface area contributed by atoms with Crippen LogP contribution in [0.3, 0.4) is 0 Å². The van der Waals surface area contributed by atoms with Crippen molar-refractivity contribution in [3.05, 3.63) is 95.0 Å². The van der Waals surface area contributed by atoms with E-state index < -0.39 is 0 Å². The summed E-state index contributed by atoms with van der Waals surface area (Å²) in [5.41, 5.74) is 9.97. The smallest absolute Gasteiger partial charge is 0.216 e. The standard InChI is InChI=1S/C30H27N2O/c1-18(2)21-11-13-22(14-12-21)28-25(31-5)17-16-24-23-15-10-19(3)27(29(23)33-30(24)28)26-9-7-8-20(4)32(26)6/h7-18H,1-4,6H3/q+1. The minimum Gasteiger partial charge on any atom is -0.456 e. The van der Waals surface area contributed by atoms with Crippen molar-refractivity contribution < 1.29 is 8.98 Å². The zero-order chi connectivity index (χ0) is 23.3. The summed E-state index contributed by atoms with van der Waals surface area (Å²) in [6.07, 6.45) is 0. The Labute approximate surface area is 194 Å². The van der Waals surface area contributed by atoms with Crippen LogP contribution < -0.4 is 4.57 Å². The summed E-state index contributed by atoms with van der Waals surface area (Å²) < 4.78 is 8.86. The van der Waals surface area contributed by atoms with Crippen LogP contribution in [-0.4, -0.2) is 0 Å². The van der Waals surface area contributed by atoms with Gasteiger partial charge in [-0.05, 0) is 35.6 Å². The van der Waals surface area contributed by atoms with Crippen LogP contribution in [0.5, 0.6) is 0 Å². The van der Waals surface area contributed by atoms with Gasteiger partial charge in [-0.15, -0.1) is 0 Å². The fraction of sp³-hybridized carbons (Fsp3) is 0.200. The number of benzene rings is 3. The number of rotatable bonds is 3. The number of pyridine rings is 1. The molecule has 5 aromatic rings. The van der Waals surface area contributed by atoms with E-state index in [2.05, 4.69) is 98.8 Å². The molecule has 2 heterocycles. The van der Waals surface area contributed by atoms with Gasteiger partial charge in [-0.25, -0.2) is 4.85 Å². The topological polar surface area (TPSA) is 21.4 Å². The van der Waals surface area contributed by atoms with Crippen molar-refractivity contribution in [3.8, 4) is 22.4 Å². The number of aromatic nitrogens is 1. The molecule has 0 spiro atoms. The third kappa shape index (κ3) is 3.31. The number of aryl methyl sites for hydroxylation is 2. The lowest BCUT2D eigenvalue weighted by Crippen LogP contribution is -2.34. The fourth-order valence-corrected chi connectivity index (χ4v) is 4.66. The summed E-state index contributed by atoms with van der Waals surface area (Å²) in [4.78, 5) is 3.83. The van der Waals surface area contributed by atoms with E-state index in [0.29, 0.717) is 11.6 Å². The van der Waals surface area contributed by atoms with Crippen molar-refractivity contribution in [1.82, 2.24) is 0 Å². The first kappa shape index (κ1) is 21.0. The molecule has 5 rings (SSSR count). The molecule has 3 heteroatoms. The third-order valence-electron chi connectivity index (χ3n) is 6.72. The first-order valence-electron chi connectivity index (χ1n) is 11.3. The van der Waals surface area contributed by atoms with E-state index in [1.165, 1.54) is 11.3 Å². The Morgan fingerprint density at radius 1 is 0.818 bits per heavy atom. The Kier molecular flexibility index (Phi) is 5.02. The second-order valence-electron chi connectivity index (χ2n) is 9.07. The lowest BCUT2D eigenvalue weighted by atomic mass is 9.96. The molecule has 162 valence electrons. The monoisotopic (exact) mass is 431 g/mol. The molecule has 0 saturated carbocycles. The normalized spacial score (nSPS) is 11.4. The van der Waals surface area contributed by atoms with Crippen molar-refractivity contribution in [2.24, 2.45) is 7.05 Å². The summed E-state index contributed by atoms with van der Waals surface area (Å²) in [5, 5.41) is 2.11. The molecule has 0 N–H and O–H groups in total. The Balaban J connectivity index is 1.86. The van der Waals surface area contributed by atoms with E-state index in [9.17, 15) is 0 Å². The Hall–Kier alpha value is -3.90. The second-order valence-corrected chi connectivity index (χ2v) is 9.07. The van der Waals surface area contributed by atoms with Gasteiger partial charge in [0.2, 0.25) is 5.69 Å². The maximum absolute atomic E-state index is 7.80. The maximum atomic E-state index is 7.80. The minimum atomic E-state index is 0.460. The zero-order valence-corrected chi connectivity index (χ0v) is 19.7. The van der Waals surface area contributed by atoms with Gasteiger partial charge in [0.05, 0.1) is 12.1 Å². The molecule has 0 aliphatic rings. The van der Waals surface area contributed by atoms with Crippen LogP contribution in [0.4, 0.5) is 5.69 Å². The molecular weight excluding hydrogens is 404 g/mol. The van der Waals surface area contributed by atoms with Crippen molar-refractivity contribution in [2.75, 3.05) is 0 Å². The van der Waals surface area contributed by atoms with Crippen molar-refractivity contribution in [2.45, 2.75) is 33.6 Å². The average Bonchev–Trinajstić information content (AvgIpc) is 3.19. The van der Waals surface area contributed by atoms with Gasteiger partial charge in [-0.3, -0.25) is 0 Å².